The Balaban J connectivity index is 1.16. The lowest BCUT2D eigenvalue weighted by molar-refractivity contribution is -0.384. The zero-order valence-electron chi connectivity index (χ0n) is 17.1. The van der Waals surface area contributed by atoms with Crippen molar-refractivity contribution >= 4 is 23.2 Å². The monoisotopic (exact) mass is 444 g/mol. The van der Waals surface area contributed by atoms with Crippen LogP contribution in [-0.4, -0.2) is 17.4 Å². The molecular weight excluding hydrogens is 420 g/mol. The normalized spacial score (nSPS) is 28.5. The van der Waals surface area contributed by atoms with E-state index in [4.69, 9.17) is 20.8 Å². The third-order valence-corrected chi connectivity index (χ3v) is 7.47. The molecular formula is C23H25ClN2O5. The molecule has 0 radical (unpaired) electrons. The highest BCUT2D eigenvalue weighted by Crippen LogP contribution is 2.59. The van der Waals surface area contributed by atoms with E-state index in [-0.39, 0.29) is 34.4 Å². The van der Waals surface area contributed by atoms with E-state index >= 15 is 0 Å². The lowest BCUT2D eigenvalue weighted by Gasteiger charge is -2.56. The van der Waals surface area contributed by atoms with Gasteiger partial charge < -0.3 is 14.5 Å². The molecule has 7 nitrogen and oxygen atoms in total. The number of nitro benzene ring substituents is 1. The molecule has 0 saturated heterocycles. The van der Waals surface area contributed by atoms with Crippen molar-refractivity contribution in [3.63, 3.8) is 0 Å². The number of nitro groups is 1. The van der Waals surface area contributed by atoms with Crippen LogP contribution in [0.4, 0.5) is 5.69 Å². The minimum Gasteiger partial charge on any atom is -0.484 e. The molecule has 0 atom stereocenters. The Morgan fingerprint density at radius 2 is 1.84 bits per heavy atom. The third-order valence-electron chi connectivity index (χ3n) is 7.17. The summed E-state index contributed by atoms with van der Waals surface area (Å²) in [5, 5.41) is 14.1. The lowest BCUT2D eigenvalue weighted by Crippen LogP contribution is -2.51. The van der Waals surface area contributed by atoms with Crippen molar-refractivity contribution in [2.24, 2.45) is 23.2 Å². The zero-order valence-corrected chi connectivity index (χ0v) is 17.9. The van der Waals surface area contributed by atoms with E-state index in [1.54, 1.807) is 12.1 Å². The van der Waals surface area contributed by atoms with Crippen LogP contribution in [0.3, 0.4) is 0 Å². The Kier molecular flexibility index (Phi) is 5.16. The van der Waals surface area contributed by atoms with Crippen molar-refractivity contribution in [3.05, 3.63) is 57.0 Å². The number of non-ortho nitro benzene ring substituents is 1. The molecule has 0 spiro atoms. The van der Waals surface area contributed by atoms with Gasteiger partial charge in [0.2, 0.25) is 0 Å². The second-order valence-corrected chi connectivity index (χ2v) is 9.93. The number of benzene rings is 1. The van der Waals surface area contributed by atoms with Gasteiger partial charge in [0.25, 0.3) is 11.6 Å². The summed E-state index contributed by atoms with van der Waals surface area (Å²) >= 11 is 6.04. The average molecular weight is 445 g/mol. The van der Waals surface area contributed by atoms with Crippen LogP contribution in [0, 0.1) is 33.3 Å². The van der Waals surface area contributed by atoms with E-state index in [1.807, 2.05) is 0 Å². The van der Waals surface area contributed by atoms with Crippen LogP contribution < -0.4 is 10.1 Å². The molecule has 4 aliphatic carbocycles. The molecule has 1 aromatic carbocycles. The van der Waals surface area contributed by atoms with Crippen molar-refractivity contribution < 1.29 is 18.9 Å². The predicted octanol–water partition coefficient (Wildman–Crippen LogP) is 5.37. The molecule has 0 aliphatic heterocycles. The number of amides is 1. The summed E-state index contributed by atoms with van der Waals surface area (Å²) in [5.74, 6) is 3.41. The molecule has 31 heavy (non-hydrogen) atoms. The SMILES string of the molecule is O=C(NCC12CC3CC(CC(C3)C1)C2)c1ccc(COc2ccc([N+](=O)[O-])cc2Cl)o1. The fourth-order valence-electron chi connectivity index (χ4n) is 6.31. The number of ether oxygens (including phenoxy) is 1. The predicted molar refractivity (Wildman–Crippen MR) is 114 cm³/mol. The van der Waals surface area contributed by atoms with Gasteiger partial charge in [0, 0.05) is 18.7 Å². The fraction of sp³-hybridized carbons (Fsp3) is 0.522. The summed E-state index contributed by atoms with van der Waals surface area (Å²) in [6.07, 6.45) is 7.88. The summed E-state index contributed by atoms with van der Waals surface area (Å²) in [6, 6.07) is 7.35. The molecule has 4 fully saturated rings. The standard InChI is InChI=1S/C23H25ClN2O5/c24-19-8-17(26(28)29)1-3-20(19)30-12-18-2-4-21(31-18)22(27)25-13-23-9-14-5-15(10-23)7-16(6-14)11-23/h1-4,8,14-16H,5-7,9-13H2,(H,25,27). The number of furan rings is 1. The first-order valence-electron chi connectivity index (χ1n) is 10.8. The van der Waals surface area contributed by atoms with Gasteiger partial charge in [-0.15, -0.1) is 0 Å². The maximum Gasteiger partial charge on any atom is 0.287 e. The Hall–Kier alpha value is -2.54. The van der Waals surface area contributed by atoms with Crippen molar-refractivity contribution in [2.75, 3.05) is 6.54 Å². The van der Waals surface area contributed by atoms with Gasteiger partial charge in [0.1, 0.15) is 18.1 Å². The number of carbonyl (C=O) groups is 1. The maximum atomic E-state index is 12.7. The zero-order chi connectivity index (χ0) is 21.6. The molecule has 1 aromatic heterocycles. The number of halogens is 1. The highest BCUT2D eigenvalue weighted by atomic mass is 35.5. The summed E-state index contributed by atoms with van der Waals surface area (Å²) in [7, 11) is 0. The molecule has 1 N–H and O–H groups in total. The van der Waals surface area contributed by atoms with Gasteiger partial charge in [0.05, 0.1) is 9.95 Å². The first-order chi connectivity index (χ1) is 14.9. The van der Waals surface area contributed by atoms with Gasteiger partial charge in [-0.25, -0.2) is 0 Å². The number of nitrogens with zero attached hydrogens (tertiary/aromatic N) is 1. The lowest BCUT2D eigenvalue weighted by atomic mass is 9.49. The van der Waals surface area contributed by atoms with Crippen molar-refractivity contribution in [2.45, 2.75) is 45.1 Å². The minimum atomic E-state index is -0.517. The third kappa shape index (κ3) is 4.15. The minimum absolute atomic E-state index is 0.0692. The van der Waals surface area contributed by atoms with Crippen LogP contribution in [0.2, 0.25) is 5.02 Å². The second kappa shape index (κ2) is 7.86. The van der Waals surface area contributed by atoms with Gasteiger partial charge in [-0.3, -0.25) is 14.9 Å². The van der Waals surface area contributed by atoms with Crippen LogP contribution >= 0.6 is 11.6 Å². The Bertz CT molecular complexity index is 982. The molecule has 4 bridgehead atoms. The molecule has 4 saturated carbocycles. The summed E-state index contributed by atoms with van der Waals surface area (Å²) in [4.78, 5) is 22.9. The summed E-state index contributed by atoms with van der Waals surface area (Å²) in [5.41, 5.74) is 0.170. The van der Waals surface area contributed by atoms with Crippen LogP contribution in [0.1, 0.15) is 54.8 Å². The van der Waals surface area contributed by atoms with Gasteiger partial charge in [0.15, 0.2) is 5.76 Å². The molecule has 6 rings (SSSR count). The molecule has 1 amide bonds. The summed E-state index contributed by atoms with van der Waals surface area (Å²) in [6.45, 7) is 0.792. The molecule has 2 aromatic rings. The number of nitrogens with one attached hydrogen (secondary N) is 1. The highest BCUT2D eigenvalue weighted by molar-refractivity contribution is 6.32. The van der Waals surface area contributed by atoms with E-state index in [9.17, 15) is 14.9 Å². The fourth-order valence-corrected chi connectivity index (χ4v) is 6.54. The smallest absolute Gasteiger partial charge is 0.287 e. The number of hydrogen-bond donors (Lipinski definition) is 1. The Morgan fingerprint density at radius 3 is 2.45 bits per heavy atom. The van der Waals surface area contributed by atoms with Gasteiger partial charge in [-0.05, 0) is 79.9 Å². The average Bonchev–Trinajstić information content (AvgIpc) is 3.19. The topological polar surface area (TPSA) is 94.6 Å². The number of carbonyl (C=O) groups excluding carboxylic acids is 1. The number of rotatable bonds is 7. The van der Waals surface area contributed by atoms with Crippen LogP contribution in [0.15, 0.2) is 34.7 Å². The second-order valence-electron chi connectivity index (χ2n) is 9.53. The number of hydrogen-bond acceptors (Lipinski definition) is 5. The molecule has 8 heteroatoms. The van der Waals surface area contributed by atoms with E-state index in [0.29, 0.717) is 11.5 Å². The molecule has 4 aliphatic rings. The van der Waals surface area contributed by atoms with Crippen LogP contribution in [0.5, 0.6) is 5.75 Å². The molecule has 1 heterocycles. The van der Waals surface area contributed by atoms with E-state index < -0.39 is 4.92 Å². The van der Waals surface area contributed by atoms with Crippen molar-refractivity contribution in [1.29, 1.82) is 0 Å². The quantitative estimate of drug-likeness (QED) is 0.457. The van der Waals surface area contributed by atoms with E-state index in [0.717, 1.165) is 24.3 Å². The Morgan fingerprint density at radius 1 is 1.16 bits per heavy atom. The molecule has 164 valence electrons. The first kappa shape index (κ1) is 20.4. The van der Waals surface area contributed by atoms with Gasteiger partial charge >= 0.3 is 0 Å². The van der Waals surface area contributed by atoms with Gasteiger partial charge in [-0.2, -0.15) is 0 Å². The first-order valence-corrected chi connectivity index (χ1v) is 11.2. The maximum absolute atomic E-state index is 12.7. The largest absolute Gasteiger partial charge is 0.484 e. The summed E-state index contributed by atoms with van der Waals surface area (Å²) < 4.78 is 11.2. The highest BCUT2D eigenvalue weighted by Gasteiger charge is 2.50. The van der Waals surface area contributed by atoms with Crippen molar-refractivity contribution in [3.8, 4) is 5.75 Å². The van der Waals surface area contributed by atoms with Crippen LogP contribution in [0.25, 0.3) is 0 Å². The molecule has 0 unspecified atom stereocenters. The van der Waals surface area contributed by atoms with Crippen molar-refractivity contribution in [1.82, 2.24) is 5.32 Å². The van der Waals surface area contributed by atoms with E-state index in [1.165, 1.54) is 56.7 Å². The van der Waals surface area contributed by atoms with Crippen LogP contribution in [-0.2, 0) is 6.61 Å². The Labute approximate surface area is 185 Å². The van der Waals surface area contributed by atoms with Gasteiger partial charge in [-0.1, -0.05) is 11.6 Å². The van der Waals surface area contributed by atoms with E-state index in [2.05, 4.69) is 5.32 Å².